The quantitative estimate of drug-likeness (QED) is 0.0518. The molecule has 6 heterocycles. The van der Waals surface area contributed by atoms with Crippen LogP contribution >= 0.6 is 45.3 Å². The summed E-state index contributed by atoms with van der Waals surface area (Å²) in [6.45, 7) is 6.59. The van der Waals surface area contributed by atoms with Crippen molar-refractivity contribution in [3.8, 4) is 102 Å². The van der Waals surface area contributed by atoms with E-state index in [1.807, 2.05) is 185 Å². The van der Waals surface area contributed by atoms with E-state index >= 15 is 0 Å². The molecule has 476 valence electrons. The first-order valence-corrected chi connectivity index (χ1v) is 33.1. The van der Waals surface area contributed by atoms with E-state index in [0.29, 0.717) is 60.7 Å². The summed E-state index contributed by atoms with van der Waals surface area (Å²) >= 11 is 5.49. The van der Waals surface area contributed by atoms with Gasteiger partial charge in [0.1, 0.15) is 22.3 Å². The van der Waals surface area contributed by atoms with Gasteiger partial charge in [0.05, 0.1) is 20.0 Å². The third kappa shape index (κ3) is 13.6. The second kappa shape index (κ2) is 27.6. The van der Waals surface area contributed by atoms with Crippen molar-refractivity contribution in [3.63, 3.8) is 0 Å². The Hall–Kier alpha value is -11.9. The minimum atomic E-state index is -0.173. The van der Waals surface area contributed by atoms with Crippen molar-refractivity contribution in [1.82, 2.24) is 15.0 Å². The van der Waals surface area contributed by atoms with Crippen molar-refractivity contribution in [3.05, 3.63) is 266 Å². The lowest BCUT2D eigenvalue weighted by atomic mass is 9.97. The van der Waals surface area contributed by atoms with E-state index in [-0.39, 0.29) is 58.7 Å². The molecule has 4 N–H and O–H groups in total. The van der Waals surface area contributed by atoms with Gasteiger partial charge in [0.2, 0.25) is 35.0 Å². The first kappa shape index (κ1) is 63.8. The lowest BCUT2D eigenvalue weighted by molar-refractivity contribution is -0.121. The monoisotopic (exact) mass is 1350 g/mol. The largest absolute Gasteiger partial charge is 0.508 e. The third-order valence-electron chi connectivity index (χ3n) is 15.6. The van der Waals surface area contributed by atoms with Gasteiger partial charge in [0.25, 0.3) is 24.7 Å². The molecule has 0 atom stereocenters. The van der Waals surface area contributed by atoms with Crippen LogP contribution in [0.2, 0.25) is 0 Å². The maximum absolute atomic E-state index is 13.5. The van der Waals surface area contributed by atoms with Gasteiger partial charge in [-0.25, -0.2) is 4.98 Å². The maximum atomic E-state index is 13.5. The van der Waals surface area contributed by atoms with Gasteiger partial charge in [-0.2, -0.15) is 9.97 Å². The highest BCUT2D eigenvalue weighted by atomic mass is 32.1. The molecule has 0 radical (unpaired) electrons. The number of benzene rings is 9. The number of carbonyl (C=O) groups is 5. The summed E-state index contributed by atoms with van der Waals surface area (Å²) in [7, 11) is 0. The van der Waals surface area contributed by atoms with E-state index in [2.05, 4.69) is 15.0 Å². The van der Waals surface area contributed by atoms with Gasteiger partial charge in [-0.3, -0.25) is 24.0 Å². The molecule has 0 aliphatic carbocycles. The fourth-order valence-corrected chi connectivity index (χ4v) is 15.2. The van der Waals surface area contributed by atoms with Crippen LogP contribution in [0.15, 0.2) is 227 Å². The zero-order valence-corrected chi connectivity index (χ0v) is 54.6. The smallest absolute Gasteiger partial charge is 0.299 e. The minimum absolute atomic E-state index is 0.0506. The Bertz CT molecular complexity index is 5220. The van der Waals surface area contributed by atoms with Crippen LogP contribution < -0.4 is 9.47 Å². The van der Waals surface area contributed by atoms with Gasteiger partial charge in [-0.05, 0) is 116 Å². The number of fused-ring (bicyclic) bond motifs is 3. The summed E-state index contributed by atoms with van der Waals surface area (Å²) < 4.78 is 22.6. The number of thiophene rings is 3. The predicted molar refractivity (Wildman–Crippen MR) is 378 cm³/mol. The number of hydrogen-bond donors (Lipinski definition) is 4. The van der Waals surface area contributed by atoms with Crippen molar-refractivity contribution in [1.29, 1.82) is 0 Å². The van der Waals surface area contributed by atoms with Crippen LogP contribution in [0.5, 0.6) is 34.9 Å². The molecule has 15 rings (SSSR count). The number of carbonyl (C=O) groups excluding carboxylic acids is 5. The van der Waals surface area contributed by atoms with Gasteiger partial charge >= 0.3 is 0 Å². The molecular formula is C77H51N3O13S4. The van der Waals surface area contributed by atoms with E-state index in [4.69, 9.17) is 18.3 Å². The molecule has 0 saturated carbocycles. The number of aromatic nitrogens is 3. The topological polar surface area (TPSA) is 250 Å². The molecule has 0 aliphatic rings. The molecule has 0 fully saturated rings. The standard InChI is InChI=1S/C26H17NO5S.C26H17NO4S2.C25H17NO4S/c1-15-2-4-17(5-3-15)24(30)25-23(20-11-10-19(29)12-21(20)33-25)16-6-8-18(9-7-16)26-27-22(13-31-26)32-14-28;1-15-2-4-17(5-3-15)24(30)25-23(20-11-10-19(29)12-21(20)33-25)16-6-8-18(9-7-16)26-27-22(13-32-26)31-14-28;1-14-2-4-16(5-3-14)23(29)24-22(19-11-10-18(27)12-20(19)31-24)15-6-8-17(9-7-15)25-26-21(28)13-30-25/h2*2-14,29H,1H3;2-13,27-28H,1H3. The average Bonchev–Trinajstić information content (AvgIpc) is 1.64. The maximum Gasteiger partial charge on any atom is 0.299 e. The lowest BCUT2D eigenvalue weighted by Gasteiger charge is -2.07. The number of aryl methyl sites for hydroxylation is 3. The van der Waals surface area contributed by atoms with Crippen LogP contribution in [0.3, 0.4) is 0 Å². The van der Waals surface area contributed by atoms with Crippen LogP contribution in [-0.4, -0.2) is 65.7 Å². The van der Waals surface area contributed by atoms with Gasteiger partial charge in [-0.1, -0.05) is 138 Å². The van der Waals surface area contributed by atoms with Gasteiger partial charge in [0, 0.05) is 80.3 Å². The SMILES string of the molecule is Cc1ccc(C(=O)c2sc3cc(O)ccc3c2-c2ccc(-c3nc(O)co3)cc2)cc1.Cc1ccc(C(=O)c2sc3cc(O)ccc3c2-c2ccc(-c3nc(OC=O)co3)cc2)cc1.Cc1ccc(C(=O)c2sc3cc(O)ccc3c2-c2ccc(-c3nc(OC=O)cs3)cc2)cc1. The zero-order chi connectivity index (χ0) is 67.4. The Labute approximate surface area is 568 Å². The normalized spacial score (nSPS) is 11.0. The minimum Gasteiger partial charge on any atom is -0.508 e. The van der Waals surface area contributed by atoms with Crippen LogP contribution in [-0.2, 0) is 9.59 Å². The number of oxazole rings is 2. The molecule has 0 bridgehead atoms. The summed E-state index contributed by atoms with van der Waals surface area (Å²) in [5.41, 5.74) is 12.5. The molecule has 15 aromatic rings. The summed E-state index contributed by atoms with van der Waals surface area (Å²) in [5.74, 6) is 1.11. The molecule has 0 aliphatic heterocycles. The van der Waals surface area contributed by atoms with Crippen molar-refractivity contribution < 1.29 is 62.7 Å². The van der Waals surface area contributed by atoms with Crippen LogP contribution in [0.25, 0.3) is 97.1 Å². The zero-order valence-electron chi connectivity index (χ0n) is 51.4. The number of phenols is 3. The highest BCUT2D eigenvalue weighted by molar-refractivity contribution is 7.22. The molecular weight excluding hydrogens is 1300 g/mol. The Balaban J connectivity index is 0.000000131. The Morgan fingerprint density at radius 3 is 1.09 bits per heavy atom. The number of ketones is 3. The molecule has 0 amide bonds. The Morgan fingerprint density at radius 1 is 0.392 bits per heavy atom. The summed E-state index contributed by atoms with van der Waals surface area (Å²) in [5, 5.41) is 44.4. The molecule has 0 unspecified atom stereocenters. The highest BCUT2D eigenvalue weighted by Crippen LogP contribution is 2.46. The van der Waals surface area contributed by atoms with E-state index in [0.717, 1.165) is 90.9 Å². The number of thiazole rings is 1. The number of aromatic hydroxyl groups is 4. The van der Waals surface area contributed by atoms with Crippen LogP contribution in [0, 0.1) is 20.8 Å². The third-order valence-corrected chi connectivity index (χ3v) is 20.0. The van der Waals surface area contributed by atoms with Gasteiger partial charge < -0.3 is 38.7 Å². The van der Waals surface area contributed by atoms with E-state index < -0.39 is 0 Å². The molecule has 16 nitrogen and oxygen atoms in total. The number of nitrogens with zero attached hydrogens (tertiary/aromatic N) is 3. The summed E-state index contributed by atoms with van der Waals surface area (Å²) in [6, 6.07) is 60.7. The molecule has 20 heteroatoms. The Morgan fingerprint density at radius 2 is 0.732 bits per heavy atom. The molecule has 0 spiro atoms. The summed E-state index contributed by atoms with van der Waals surface area (Å²) in [4.78, 5) is 75.5. The fraction of sp³-hybridized carbons (Fsp3) is 0.0390. The molecule has 0 saturated heterocycles. The number of hydrogen-bond acceptors (Lipinski definition) is 20. The average molecular weight is 1350 g/mol. The van der Waals surface area contributed by atoms with Gasteiger partial charge in [0.15, 0.2) is 12.5 Å². The summed E-state index contributed by atoms with van der Waals surface area (Å²) in [6.07, 6.45) is 2.44. The predicted octanol–water partition coefficient (Wildman–Crippen LogP) is 18.6. The lowest BCUT2D eigenvalue weighted by Crippen LogP contribution is -2.00. The van der Waals surface area contributed by atoms with Crippen LogP contribution in [0.4, 0.5) is 0 Å². The van der Waals surface area contributed by atoms with Crippen LogP contribution in [0.1, 0.15) is 62.4 Å². The van der Waals surface area contributed by atoms with Crippen molar-refractivity contribution in [2.24, 2.45) is 0 Å². The van der Waals surface area contributed by atoms with Crippen molar-refractivity contribution in [2.45, 2.75) is 20.8 Å². The van der Waals surface area contributed by atoms with E-state index in [1.165, 1.54) is 57.9 Å². The number of ether oxygens (including phenoxy) is 2. The van der Waals surface area contributed by atoms with E-state index in [1.54, 1.807) is 41.8 Å². The van der Waals surface area contributed by atoms with Crippen molar-refractivity contribution in [2.75, 3.05) is 0 Å². The first-order valence-electron chi connectivity index (χ1n) is 29.8. The molecule has 97 heavy (non-hydrogen) atoms. The van der Waals surface area contributed by atoms with Crippen molar-refractivity contribution >= 4 is 106 Å². The second-order valence-corrected chi connectivity index (χ2v) is 26.2. The highest BCUT2D eigenvalue weighted by Gasteiger charge is 2.26. The molecule has 9 aromatic carbocycles. The fourth-order valence-electron chi connectivity index (χ4n) is 10.8. The molecule has 6 aromatic heterocycles. The number of phenolic OH excluding ortho intramolecular Hbond substituents is 3. The Kier molecular flexibility index (Phi) is 18.1. The van der Waals surface area contributed by atoms with E-state index in [9.17, 15) is 44.4 Å². The first-order chi connectivity index (χ1) is 47.0. The van der Waals surface area contributed by atoms with Gasteiger partial charge in [-0.15, -0.1) is 45.3 Å². The second-order valence-electron chi connectivity index (χ2n) is 22.2. The number of rotatable bonds is 16.